The number of hydrogen-bond donors (Lipinski definition) is 2. The van der Waals surface area contributed by atoms with E-state index in [9.17, 15) is 9.59 Å². The fourth-order valence-corrected chi connectivity index (χ4v) is 4.46. The van der Waals surface area contributed by atoms with Crippen LogP contribution in [-0.4, -0.2) is 16.8 Å². The highest BCUT2D eigenvalue weighted by molar-refractivity contribution is 7.15. The fourth-order valence-electron chi connectivity index (χ4n) is 3.62. The third-order valence-electron chi connectivity index (χ3n) is 5.39. The zero-order valence-electron chi connectivity index (χ0n) is 18.2. The van der Waals surface area contributed by atoms with Gasteiger partial charge in [0.2, 0.25) is 0 Å². The number of fused-ring (bicyclic) bond motifs is 1. The molecule has 0 radical (unpaired) electrons. The standard InChI is InChI=1S/C27H21N3O3S/c31-25(28-15-19-6-2-1-3-7-19)20-12-10-18(11-13-20)14-21-16-29-27(34-21)30-26(32)23-17-33-24-9-5-4-8-22(23)24/h1-13,16-17H,14-15H2,(H,28,31)(H,29,30,32). The quantitative estimate of drug-likeness (QED) is 0.323. The molecule has 0 atom stereocenters. The topological polar surface area (TPSA) is 84.2 Å². The van der Waals surface area contributed by atoms with Crippen molar-refractivity contribution in [1.29, 1.82) is 0 Å². The molecule has 5 rings (SSSR count). The molecular weight excluding hydrogens is 446 g/mol. The van der Waals surface area contributed by atoms with Crippen LogP contribution in [0.1, 0.15) is 36.7 Å². The zero-order valence-corrected chi connectivity index (χ0v) is 19.0. The molecule has 7 heteroatoms. The van der Waals surface area contributed by atoms with Gasteiger partial charge in [0, 0.05) is 35.0 Å². The van der Waals surface area contributed by atoms with Crippen LogP contribution in [0.5, 0.6) is 0 Å². The van der Waals surface area contributed by atoms with Crippen molar-refractivity contribution in [3.8, 4) is 0 Å². The van der Waals surface area contributed by atoms with E-state index < -0.39 is 0 Å². The fraction of sp³-hybridized carbons (Fsp3) is 0.0741. The molecule has 2 amide bonds. The summed E-state index contributed by atoms with van der Waals surface area (Å²) >= 11 is 1.42. The van der Waals surface area contributed by atoms with Gasteiger partial charge < -0.3 is 9.73 Å². The molecule has 3 aromatic carbocycles. The van der Waals surface area contributed by atoms with Crippen molar-refractivity contribution < 1.29 is 14.0 Å². The number of aromatic nitrogens is 1. The number of amides is 2. The van der Waals surface area contributed by atoms with E-state index in [4.69, 9.17) is 4.42 Å². The molecule has 0 aliphatic heterocycles. The molecule has 5 aromatic rings. The lowest BCUT2D eigenvalue weighted by atomic mass is 10.1. The average Bonchev–Trinajstić information content (AvgIpc) is 3.50. The van der Waals surface area contributed by atoms with Crippen molar-refractivity contribution in [3.63, 3.8) is 0 Å². The van der Waals surface area contributed by atoms with Crippen LogP contribution in [-0.2, 0) is 13.0 Å². The van der Waals surface area contributed by atoms with Crippen LogP contribution < -0.4 is 10.6 Å². The molecule has 0 fully saturated rings. The van der Waals surface area contributed by atoms with Gasteiger partial charge in [-0.05, 0) is 29.3 Å². The van der Waals surface area contributed by atoms with E-state index in [-0.39, 0.29) is 11.8 Å². The summed E-state index contributed by atoms with van der Waals surface area (Å²) in [4.78, 5) is 30.4. The number of hydrogen-bond acceptors (Lipinski definition) is 5. The third-order valence-corrected chi connectivity index (χ3v) is 6.30. The molecule has 0 spiro atoms. The summed E-state index contributed by atoms with van der Waals surface area (Å²) in [6.07, 6.45) is 3.88. The summed E-state index contributed by atoms with van der Waals surface area (Å²) < 4.78 is 5.45. The van der Waals surface area contributed by atoms with Gasteiger partial charge in [0.1, 0.15) is 11.8 Å². The molecule has 2 aromatic heterocycles. The predicted molar refractivity (Wildman–Crippen MR) is 133 cm³/mol. The van der Waals surface area contributed by atoms with Crippen LogP contribution >= 0.6 is 11.3 Å². The minimum Gasteiger partial charge on any atom is -0.463 e. The Labute approximate surface area is 200 Å². The van der Waals surface area contributed by atoms with Gasteiger partial charge in [0.05, 0.1) is 5.56 Å². The molecule has 0 aliphatic rings. The first-order valence-electron chi connectivity index (χ1n) is 10.8. The number of furan rings is 1. The second-order valence-electron chi connectivity index (χ2n) is 7.77. The lowest BCUT2D eigenvalue weighted by molar-refractivity contribution is 0.0950. The van der Waals surface area contributed by atoms with Gasteiger partial charge in [-0.1, -0.05) is 60.7 Å². The van der Waals surface area contributed by atoms with Gasteiger partial charge in [-0.15, -0.1) is 11.3 Å². The van der Waals surface area contributed by atoms with Gasteiger partial charge in [-0.3, -0.25) is 14.9 Å². The van der Waals surface area contributed by atoms with Gasteiger partial charge in [0.25, 0.3) is 11.8 Å². The van der Waals surface area contributed by atoms with Crippen LogP contribution in [0.15, 0.2) is 95.7 Å². The summed E-state index contributed by atoms with van der Waals surface area (Å²) in [5, 5.41) is 7.08. The highest BCUT2D eigenvalue weighted by Crippen LogP contribution is 2.25. The Morgan fingerprint density at radius 2 is 1.62 bits per heavy atom. The number of carbonyl (C=O) groups is 2. The van der Waals surface area contributed by atoms with Crippen LogP contribution in [0.25, 0.3) is 11.0 Å². The Morgan fingerprint density at radius 3 is 2.44 bits per heavy atom. The first-order valence-corrected chi connectivity index (χ1v) is 11.6. The summed E-state index contributed by atoms with van der Waals surface area (Å²) in [5.41, 5.74) is 3.88. The van der Waals surface area contributed by atoms with E-state index in [1.54, 1.807) is 6.20 Å². The maximum absolute atomic E-state index is 12.7. The average molecular weight is 468 g/mol. The second-order valence-corrected chi connectivity index (χ2v) is 8.89. The number of benzene rings is 3. The van der Waals surface area contributed by atoms with Crippen molar-refractivity contribution in [1.82, 2.24) is 10.3 Å². The highest BCUT2D eigenvalue weighted by atomic mass is 32.1. The first kappa shape index (κ1) is 21.6. The molecule has 0 bridgehead atoms. The number of rotatable bonds is 7. The van der Waals surface area contributed by atoms with Crippen molar-refractivity contribution in [2.24, 2.45) is 0 Å². The Balaban J connectivity index is 1.18. The van der Waals surface area contributed by atoms with Gasteiger partial charge in [0.15, 0.2) is 5.13 Å². The molecule has 0 aliphatic carbocycles. The van der Waals surface area contributed by atoms with Crippen molar-refractivity contribution in [2.75, 3.05) is 5.32 Å². The Hall–Kier alpha value is -4.23. The number of carbonyl (C=O) groups excluding carboxylic acids is 2. The van der Waals surface area contributed by atoms with E-state index in [1.807, 2.05) is 78.9 Å². The van der Waals surface area contributed by atoms with E-state index in [2.05, 4.69) is 15.6 Å². The maximum atomic E-state index is 12.7. The van der Waals surface area contributed by atoms with Crippen LogP contribution in [0.2, 0.25) is 0 Å². The van der Waals surface area contributed by atoms with Crippen LogP contribution in [0, 0.1) is 0 Å². The Morgan fingerprint density at radius 1 is 0.853 bits per heavy atom. The number of nitrogens with zero attached hydrogens (tertiary/aromatic N) is 1. The summed E-state index contributed by atoms with van der Waals surface area (Å²) in [6.45, 7) is 0.491. The zero-order chi connectivity index (χ0) is 23.3. The molecular formula is C27H21N3O3S. The van der Waals surface area contributed by atoms with Crippen molar-refractivity contribution >= 4 is 39.3 Å². The van der Waals surface area contributed by atoms with Gasteiger partial charge in [-0.2, -0.15) is 0 Å². The van der Waals surface area contributed by atoms with Crippen LogP contribution in [0.4, 0.5) is 5.13 Å². The normalized spacial score (nSPS) is 10.8. The molecule has 0 saturated carbocycles. The SMILES string of the molecule is O=C(NCc1ccccc1)c1ccc(Cc2cnc(NC(=O)c3coc4ccccc34)s2)cc1. The lowest BCUT2D eigenvalue weighted by Crippen LogP contribution is -2.22. The maximum Gasteiger partial charge on any atom is 0.261 e. The second kappa shape index (κ2) is 9.72. The molecule has 0 unspecified atom stereocenters. The molecule has 2 heterocycles. The molecule has 168 valence electrons. The Bertz CT molecular complexity index is 1440. The van der Waals surface area contributed by atoms with Gasteiger partial charge >= 0.3 is 0 Å². The minimum atomic E-state index is -0.253. The van der Waals surface area contributed by atoms with E-state index >= 15 is 0 Å². The predicted octanol–water partition coefficient (Wildman–Crippen LogP) is 5.66. The molecule has 0 saturated heterocycles. The number of thiazole rings is 1. The first-order chi connectivity index (χ1) is 16.7. The van der Waals surface area contributed by atoms with E-state index in [1.165, 1.54) is 17.6 Å². The third kappa shape index (κ3) is 4.89. The number of nitrogens with one attached hydrogen (secondary N) is 2. The van der Waals surface area contributed by atoms with Crippen LogP contribution in [0.3, 0.4) is 0 Å². The monoisotopic (exact) mass is 467 g/mol. The van der Waals surface area contributed by atoms with Crippen molar-refractivity contribution in [2.45, 2.75) is 13.0 Å². The lowest BCUT2D eigenvalue weighted by Gasteiger charge is -2.06. The summed E-state index contributed by atoms with van der Waals surface area (Å²) in [5.74, 6) is -0.360. The molecule has 6 nitrogen and oxygen atoms in total. The highest BCUT2D eigenvalue weighted by Gasteiger charge is 2.15. The smallest absolute Gasteiger partial charge is 0.261 e. The summed E-state index contributed by atoms with van der Waals surface area (Å²) in [6, 6.07) is 24.7. The molecule has 2 N–H and O–H groups in total. The number of para-hydroxylation sites is 1. The number of anilines is 1. The summed E-state index contributed by atoms with van der Waals surface area (Å²) in [7, 11) is 0. The Kier molecular flexibility index (Phi) is 6.18. The van der Waals surface area contributed by atoms with Crippen molar-refractivity contribution in [3.05, 3.63) is 118 Å². The molecule has 34 heavy (non-hydrogen) atoms. The van der Waals surface area contributed by atoms with E-state index in [0.717, 1.165) is 21.4 Å². The van der Waals surface area contributed by atoms with Gasteiger partial charge in [-0.25, -0.2) is 4.98 Å². The van der Waals surface area contributed by atoms with E-state index in [0.29, 0.717) is 34.8 Å². The minimum absolute atomic E-state index is 0.107. The largest absolute Gasteiger partial charge is 0.463 e.